The number of nitrogens with zero attached hydrogens (tertiary/aromatic N) is 1. The van der Waals surface area contributed by atoms with E-state index >= 15 is 0 Å². The Morgan fingerprint density at radius 3 is 2.71 bits per heavy atom. The van der Waals surface area contributed by atoms with Crippen LogP contribution in [-0.4, -0.2) is 31.5 Å². The number of carbonyl (C=O) groups is 1. The molecule has 1 aromatic rings. The van der Waals surface area contributed by atoms with E-state index in [1.807, 2.05) is 0 Å². The molecule has 0 aliphatic rings. The van der Waals surface area contributed by atoms with E-state index < -0.39 is 5.82 Å². The highest BCUT2D eigenvalue weighted by Crippen LogP contribution is 2.24. The molecule has 4 nitrogen and oxygen atoms in total. The Morgan fingerprint density at radius 2 is 2.18 bits per heavy atom. The lowest BCUT2D eigenvalue weighted by molar-refractivity contribution is -0.130. The van der Waals surface area contributed by atoms with Crippen LogP contribution in [0.3, 0.4) is 0 Å². The lowest BCUT2D eigenvalue weighted by Crippen LogP contribution is -2.27. The molecule has 5 heteroatoms. The molecule has 1 atom stereocenters. The average molecular weight is 240 g/mol. The van der Waals surface area contributed by atoms with Crippen LogP contribution in [0.5, 0.6) is 5.75 Å². The number of halogens is 1. The predicted molar refractivity (Wildman–Crippen MR) is 63.2 cm³/mol. The third-order valence-corrected chi connectivity index (χ3v) is 2.32. The first-order valence-corrected chi connectivity index (χ1v) is 5.29. The van der Waals surface area contributed by atoms with Crippen LogP contribution < -0.4 is 10.5 Å². The first-order chi connectivity index (χ1) is 7.91. The summed E-state index contributed by atoms with van der Waals surface area (Å²) in [6.45, 7) is 1.64. The lowest BCUT2D eigenvalue weighted by Gasteiger charge is -2.15. The first kappa shape index (κ1) is 13.4. The van der Waals surface area contributed by atoms with Gasteiger partial charge in [0.05, 0.1) is 0 Å². The molecule has 1 rings (SSSR count). The number of hydrogen-bond acceptors (Lipinski definition) is 3. The van der Waals surface area contributed by atoms with E-state index in [0.29, 0.717) is 11.3 Å². The smallest absolute Gasteiger partial charge is 0.259 e. The summed E-state index contributed by atoms with van der Waals surface area (Å²) in [4.78, 5) is 12.8. The number of benzene rings is 1. The fourth-order valence-electron chi connectivity index (χ4n) is 1.28. The molecule has 0 spiro atoms. The van der Waals surface area contributed by atoms with Gasteiger partial charge in [-0.15, -0.1) is 0 Å². The molecular formula is C12H17FN2O2. The summed E-state index contributed by atoms with van der Waals surface area (Å²) >= 11 is 0. The maximum absolute atomic E-state index is 13.1. The molecule has 94 valence electrons. The Bertz CT molecular complexity index is 405. The van der Waals surface area contributed by atoms with Crippen molar-refractivity contribution < 1.29 is 13.9 Å². The number of amides is 1. The number of nitrogens with two attached hydrogens (primary N) is 1. The summed E-state index contributed by atoms with van der Waals surface area (Å²) in [6, 6.07) is 3.84. The molecule has 0 saturated carbocycles. The van der Waals surface area contributed by atoms with E-state index in [1.165, 1.54) is 17.0 Å². The molecule has 1 amide bonds. The molecule has 0 saturated heterocycles. The van der Waals surface area contributed by atoms with Crippen LogP contribution >= 0.6 is 0 Å². The fourth-order valence-corrected chi connectivity index (χ4v) is 1.28. The zero-order valence-electron chi connectivity index (χ0n) is 10.2. The molecular weight excluding hydrogens is 223 g/mol. The summed E-state index contributed by atoms with van der Waals surface area (Å²) in [7, 11) is 3.26. The first-order valence-electron chi connectivity index (χ1n) is 5.29. The third-order valence-electron chi connectivity index (χ3n) is 2.32. The minimum Gasteiger partial charge on any atom is -0.483 e. The Hall–Kier alpha value is -1.62. The van der Waals surface area contributed by atoms with E-state index in [0.717, 1.165) is 0 Å². The summed E-state index contributed by atoms with van der Waals surface area (Å²) in [5.74, 6) is -0.290. The monoisotopic (exact) mass is 240 g/mol. The minimum atomic E-state index is -0.415. The van der Waals surface area contributed by atoms with Crippen LogP contribution in [0.15, 0.2) is 18.2 Å². The average Bonchev–Trinajstić information content (AvgIpc) is 2.25. The van der Waals surface area contributed by atoms with Crippen molar-refractivity contribution in [2.75, 3.05) is 20.7 Å². The Labute approximate surface area is 100 Å². The van der Waals surface area contributed by atoms with Crippen molar-refractivity contribution in [2.45, 2.75) is 13.0 Å². The molecule has 0 aliphatic carbocycles. The van der Waals surface area contributed by atoms with Crippen molar-refractivity contribution in [3.63, 3.8) is 0 Å². The molecule has 2 N–H and O–H groups in total. The molecule has 0 aliphatic heterocycles. The van der Waals surface area contributed by atoms with E-state index in [1.54, 1.807) is 27.1 Å². The van der Waals surface area contributed by atoms with Gasteiger partial charge in [-0.2, -0.15) is 0 Å². The van der Waals surface area contributed by atoms with Gasteiger partial charge in [0, 0.05) is 31.8 Å². The van der Waals surface area contributed by atoms with Gasteiger partial charge in [0.1, 0.15) is 11.6 Å². The van der Waals surface area contributed by atoms with Gasteiger partial charge in [-0.1, -0.05) is 6.07 Å². The zero-order valence-corrected chi connectivity index (χ0v) is 10.2. The number of likely N-dealkylation sites (N-methyl/N-ethyl adjacent to an activating group) is 1. The summed E-state index contributed by atoms with van der Waals surface area (Å²) in [5, 5.41) is 0. The van der Waals surface area contributed by atoms with Gasteiger partial charge in [-0.3, -0.25) is 4.79 Å². The van der Waals surface area contributed by atoms with E-state index in [2.05, 4.69) is 0 Å². The van der Waals surface area contributed by atoms with Gasteiger partial charge in [0.15, 0.2) is 6.61 Å². The largest absolute Gasteiger partial charge is 0.483 e. The maximum Gasteiger partial charge on any atom is 0.259 e. The van der Waals surface area contributed by atoms with E-state index in [9.17, 15) is 9.18 Å². The summed E-state index contributed by atoms with van der Waals surface area (Å²) < 4.78 is 18.4. The number of ether oxygens (including phenoxy) is 1. The van der Waals surface area contributed by atoms with Gasteiger partial charge >= 0.3 is 0 Å². The SMILES string of the molecule is C[C@@H](N)c1ccc(F)cc1OCC(=O)N(C)C. The normalized spacial score (nSPS) is 12.1. The topological polar surface area (TPSA) is 55.6 Å². The van der Waals surface area contributed by atoms with Crippen LogP contribution in [0, 0.1) is 5.82 Å². The molecule has 0 heterocycles. The van der Waals surface area contributed by atoms with Crippen molar-refractivity contribution in [3.8, 4) is 5.75 Å². The highest BCUT2D eigenvalue weighted by Gasteiger charge is 2.11. The van der Waals surface area contributed by atoms with Gasteiger partial charge in [0.2, 0.25) is 0 Å². The third kappa shape index (κ3) is 3.71. The van der Waals surface area contributed by atoms with Gasteiger partial charge in [-0.25, -0.2) is 4.39 Å². The van der Waals surface area contributed by atoms with Gasteiger partial charge in [0.25, 0.3) is 5.91 Å². The molecule has 0 unspecified atom stereocenters. The van der Waals surface area contributed by atoms with E-state index in [-0.39, 0.29) is 18.6 Å². The van der Waals surface area contributed by atoms with Crippen LogP contribution in [-0.2, 0) is 4.79 Å². The second-order valence-corrected chi connectivity index (χ2v) is 4.05. The van der Waals surface area contributed by atoms with Crippen molar-refractivity contribution in [2.24, 2.45) is 5.73 Å². The second-order valence-electron chi connectivity index (χ2n) is 4.05. The maximum atomic E-state index is 13.1. The minimum absolute atomic E-state index is 0.129. The standard InChI is InChI=1S/C12H17FN2O2/c1-8(14)10-5-4-9(13)6-11(10)17-7-12(16)15(2)3/h4-6,8H,7,14H2,1-3H3/t8-/m1/s1. The molecule has 0 radical (unpaired) electrons. The lowest BCUT2D eigenvalue weighted by atomic mass is 10.1. The van der Waals surface area contributed by atoms with Gasteiger partial charge in [-0.05, 0) is 13.0 Å². The Morgan fingerprint density at radius 1 is 1.53 bits per heavy atom. The molecule has 0 fully saturated rings. The van der Waals surface area contributed by atoms with Gasteiger partial charge < -0.3 is 15.4 Å². The zero-order chi connectivity index (χ0) is 13.0. The van der Waals surface area contributed by atoms with Crippen molar-refractivity contribution in [3.05, 3.63) is 29.6 Å². The van der Waals surface area contributed by atoms with Crippen LogP contribution in [0.2, 0.25) is 0 Å². The van der Waals surface area contributed by atoms with Crippen molar-refractivity contribution in [1.82, 2.24) is 4.90 Å². The van der Waals surface area contributed by atoms with Crippen LogP contribution in [0.4, 0.5) is 4.39 Å². The molecule has 1 aromatic carbocycles. The van der Waals surface area contributed by atoms with Crippen molar-refractivity contribution >= 4 is 5.91 Å². The number of hydrogen-bond donors (Lipinski definition) is 1. The highest BCUT2D eigenvalue weighted by molar-refractivity contribution is 5.77. The van der Waals surface area contributed by atoms with Crippen LogP contribution in [0.25, 0.3) is 0 Å². The van der Waals surface area contributed by atoms with Crippen molar-refractivity contribution in [1.29, 1.82) is 0 Å². The number of rotatable bonds is 4. The Balaban J connectivity index is 2.82. The molecule has 17 heavy (non-hydrogen) atoms. The fraction of sp³-hybridized carbons (Fsp3) is 0.417. The van der Waals surface area contributed by atoms with Crippen LogP contribution in [0.1, 0.15) is 18.5 Å². The van der Waals surface area contributed by atoms with E-state index in [4.69, 9.17) is 10.5 Å². The second kappa shape index (κ2) is 5.63. The highest BCUT2D eigenvalue weighted by atomic mass is 19.1. The molecule has 0 bridgehead atoms. The summed E-state index contributed by atoms with van der Waals surface area (Å²) in [5.41, 5.74) is 6.41. The quantitative estimate of drug-likeness (QED) is 0.863. The molecule has 0 aromatic heterocycles. The summed E-state index contributed by atoms with van der Waals surface area (Å²) in [6.07, 6.45) is 0. The number of carbonyl (C=O) groups excluding carboxylic acids is 1. The Kier molecular flexibility index (Phi) is 4.45. The predicted octanol–water partition coefficient (Wildman–Crippen LogP) is 1.31.